The van der Waals surface area contributed by atoms with E-state index in [2.05, 4.69) is 20.9 Å². The molecule has 0 aliphatic heterocycles. The van der Waals surface area contributed by atoms with Gasteiger partial charge in [0.25, 0.3) is 5.91 Å². The number of carbonyl (C=O) groups is 1. The van der Waals surface area contributed by atoms with Crippen LogP contribution in [0.4, 0.5) is 0 Å². The minimum Gasteiger partial charge on any atom is -0.494 e. The summed E-state index contributed by atoms with van der Waals surface area (Å²) >= 11 is 0. The first kappa shape index (κ1) is 19.3. The standard InChI is InChI=1S/C20H26N4O2/c1-4-26-18-11-6-5-9-17(18)14-24-20(22-3)23-13-15-8-7-10-16(12-15)19(25)21-2/h5-12H,4,13-14H2,1-3H3,(H,21,25)(H2,22,23,24). The van der Waals surface area contributed by atoms with Crippen LogP contribution in [-0.4, -0.2) is 32.6 Å². The van der Waals surface area contributed by atoms with Gasteiger partial charge in [0, 0.05) is 38.3 Å². The van der Waals surface area contributed by atoms with Gasteiger partial charge in [-0.3, -0.25) is 9.79 Å². The first-order valence-corrected chi connectivity index (χ1v) is 8.64. The van der Waals surface area contributed by atoms with Gasteiger partial charge in [0.2, 0.25) is 0 Å². The Balaban J connectivity index is 1.94. The van der Waals surface area contributed by atoms with E-state index in [0.29, 0.717) is 31.2 Å². The van der Waals surface area contributed by atoms with Crippen LogP contribution in [-0.2, 0) is 13.1 Å². The van der Waals surface area contributed by atoms with Gasteiger partial charge in [0.05, 0.1) is 6.61 Å². The van der Waals surface area contributed by atoms with Crippen LogP contribution >= 0.6 is 0 Å². The molecule has 0 aromatic heterocycles. The lowest BCUT2D eigenvalue weighted by atomic mass is 10.1. The highest BCUT2D eigenvalue weighted by molar-refractivity contribution is 5.94. The number of amides is 1. The van der Waals surface area contributed by atoms with Crippen molar-refractivity contribution < 1.29 is 9.53 Å². The maximum Gasteiger partial charge on any atom is 0.251 e. The molecule has 0 fully saturated rings. The fourth-order valence-electron chi connectivity index (χ4n) is 2.50. The van der Waals surface area contributed by atoms with E-state index in [9.17, 15) is 4.79 Å². The van der Waals surface area contributed by atoms with E-state index in [1.54, 1.807) is 20.2 Å². The lowest BCUT2D eigenvalue weighted by Crippen LogP contribution is -2.36. The Morgan fingerprint density at radius 2 is 1.85 bits per heavy atom. The molecule has 6 heteroatoms. The number of guanidine groups is 1. The first-order chi connectivity index (χ1) is 12.7. The number of nitrogens with zero attached hydrogens (tertiary/aromatic N) is 1. The molecule has 0 aliphatic carbocycles. The fraction of sp³-hybridized carbons (Fsp3) is 0.300. The molecule has 2 aromatic carbocycles. The molecule has 1 amide bonds. The summed E-state index contributed by atoms with van der Waals surface area (Å²) in [5.41, 5.74) is 2.71. The van der Waals surface area contributed by atoms with Gasteiger partial charge in [-0.05, 0) is 30.7 Å². The quantitative estimate of drug-likeness (QED) is 0.527. The largest absolute Gasteiger partial charge is 0.494 e. The molecule has 0 unspecified atom stereocenters. The number of hydrogen-bond donors (Lipinski definition) is 3. The van der Waals surface area contributed by atoms with Crippen LogP contribution in [0.3, 0.4) is 0 Å². The highest BCUT2D eigenvalue weighted by Gasteiger charge is 2.06. The van der Waals surface area contributed by atoms with Gasteiger partial charge >= 0.3 is 0 Å². The topological polar surface area (TPSA) is 74.8 Å². The summed E-state index contributed by atoms with van der Waals surface area (Å²) in [6.07, 6.45) is 0. The average molecular weight is 354 g/mol. The monoisotopic (exact) mass is 354 g/mol. The molecule has 138 valence electrons. The maximum absolute atomic E-state index is 11.7. The van der Waals surface area contributed by atoms with Gasteiger partial charge in [-0.15, -0.1) is 0 Å². The third-order valence-electron chi connectivity index (χ3n) is 3.82. The molecule has 0 heterocycles. The van der Waals surface area contributed by atoms with Crippen LogP contribution in [0.1, 0.15) is 28.4 Å². The zero-order valence-corrected chi connectivity index (χ0v) is 15.5. The van der Waals surface area contributed by atoms with E-state index in [4.69, 9.17) is 4.74 Å². The first-order valence-electron chi connectivity index (χ1n) is 8.64. The Morgan fingerprint density at radius 1 is 1.08 bits per heavy atom. The zero-order chi connectivity index (χ0) is 18.8. The van der Waals surface area contributed by atoms with Crippen molar-refractivity contribution in [3.05, 3.63) is 65.2 Å². The Bertz CT molecular complexity index is 759. The molecule has 0 atom stereocenters. The van der Waals surface area contributed by atoms with Gasteiger partial charge in [0.1, 0.15) is 5.75 Å². The number of rotatable bonds is 7. The lowest BCUT2D eigenvalue weighted by Gasteiger charge is -2.14. The van der Waals surface area contributed by atoms with Crippen molar-refractivity contribution in [1.29, 1.82) is 0 Å². The SMILES string of the molecule is CCOc1ccccc1CNC(=NC)NCc1cccc(C(=O)NC)c1. The van der Waals surface area contributed by atoms with Crippen molar-refractivity contribution in [3.63, 3.8) is 0 Å². The van der Waals surface area contributed by atoms with E-state index >= 15 is 0 Å². The Labute approximate surface area is 154 Å². The molecule has 0 aliphatic rings. The van der Waals surface area contributed by atoms with Crippen molar-refractivity contribution in [2.24, 2.45) is 4.99 Å². The average Bonchev–Trinajstić information content (AvgIpc) is 2.69. The highest BCUT2D eigenvalue weighted by atomic mass is 16.5. The van der Waals surface area contributed by atoms with Crippen molar-refractivity contribution in [2.75, 3.05) is 20.7 Å². The van der Waals surface area contributed by atoms with Crippen LogP contribution in [0.25, 0.3) is 0 Å². The van der Waals surface area contributed by atoms with E-state index in [0.717, 1.165) is 16.9 Å². The molecular weight excluding hydrogens is 328 g/mol. The van der Waals surface area contributed by atoms with Crippen LogP contribution in [0.5, 0.6) is 5.75 Å². The minimum absolute atomic E-state index is 0.0955. The minimum atomic E-state index is -0.0955. The molecule has 0 spiro atoms. The van der Waals surface area contributed by atoms with Crippen molar-refractivity contribution >= 4 is 11.9 Å². The number of aliphatic imine (C=N–C) groups is 1. The van der Waals surface area contributed by atoms with E-state index in [1.807, 2.05) is 49.4 Å². The molecule has 26 heavy (non-hydrogen) atoms. The molecular formula is C20H26N4O2. The molecule has 2 rings (SSSR count). The number of hydrogen-bond acceptors (Lipinski definition) is 3. The van der Waals surface area contributed by atoms with E-state index in [-0.39, 0.29) is 5.91 Å². The summed E-state index contributed by atoms with van der Waals surface area (Å²) in [6, 6.07) is 15.4. The molecule has 0 bridgehead atoms. The predicted octanol–water partition coefficient (Wildman–Crippen LogP) is 2.31. The zero-order valence-electron chi connectivity index (χ0n) is 15.5. The molecule has 0 saturated heterocycles. The normalized spacial score (nSPS) is 11.0. The second-order valence-corrected chi connectivity index (χ2v) is 5.60. The maximum atomic E-state index is 11.7. The smallest absolute Gasteiger partial charge is 0.251 e. The molecule has 6 nitrogen and oxygen atoms in total. The van der Waals surface area contributed by atoms with Crippen LogP contribution in [0.15, 0.2) is 53.5 Å². The summed E-state index contributed by atoms with van der Waals surface area (Å²) in [6.45, 7) is 3.77. The summed E-state index contributed by atoms with van der Waals surface area (Å²) in [5.74, 6) is 1.46. The van der Waals surface area contributed by atoms with Crippen LogP contribution < -0.4 is 20.7 Å². The Kier molecular flexibility index (Phi) is 7.49. The summed E-state index contributed by atoms with van der Waals surface area (Å²) in [5, 5.41) is 9.17. The Hall–Kier alpha value is -3.02. The molecule has 2 aromatic rings. The van der Waals surface area contributed by atoms with Gasteiger partial charge < -0.3 is 20.7 Å². The highest BCUT2D eigenvalue weighted by Crippen LogP contribution is 2.17. The van der Waals surface area contributed by atoms with E-state index in [1.165, 1.54) is 0 Å². The van der Waals surface area contributed by atoms with Gasteiger partial charge in [-0.25, -0.2) is 0 Å². The number of para-hydroxylation sites is 1. The molecule has 0 radical (unpaired) electrons. The number of benzene rings is 2. The van der Waals surface area contributed by atoms with Crippen LogP contribution in [0.2, 0.25) is 0 Å². The van der Waals surface area contributed by atoms with Gasteiger partial charge in [-0.1, -0.05) is 30.3 Å². The third kappa shape index (κ3) is 5.51. The molecule has 3 N–H and O–H groups in total. The molecule has 0 saturated carbocycles. The predicted molar refractivity (Wildman–Crippen MR) is 104 cm³/mol. The van der Waals surface area contributed by atoms with Crippen molar-refractivity contribution in [1.82, 2.24) is 16.0 Å². The number of carbonyl (C=O) groups excluding carboxylic acids is 1. The second kappa shape index (κ2) is 10.1. The van der Waals surface area contributed by atoms with Crippen molar-refractivity contribution in [2.45, 2.75) is 20.0 Å². The summed E-state index contributed by atoms with van der Waals surface area (Å²) < 4.78 is 5.64. The fourth-order valence-corrected chi connectivity index (χ4v) is 2.50. The number of nitrogens with one attached hydrogen (secondary N) is 3. The number of ether oxygens (including phenoxy) is 1. The Morgan fingerprint density at radius 3 is 2.58 bits per heavy atom. The second-order valence-electron chi connectivity index (χ2n) is 5.60. The van der Waals surface area contributed by atoms with Crippen molar-refractivity contribution in [3.8, 4) is 5.75 Å². The van der Waals surface area contributed by atoms with Crippen LogP contribution in [0, 0.1) is 0 Å². The lowest BCUT2D eigenvalue weighted by molar-refractivity contribution is 0.0963. The van der Waals surface area contributed by atoms with Gasteiger partial charge in [-0.2, -0.15) is 0 Å². The summed E-state index contributed by atoms with van der Waals surface area (Å²) in [7, 11) is 3.35. The summed E-state index contributed by atoms with van der Waals surface area (Å²) in [4.78, 5) is 16.0. The van der Waals surface area contributed by atoms with E-state index < -0.39 is 0 Å². The van der Waals surface area contributed by atoms with Gasteiger partial charge in [0.15, 0.2) is 5.96 Å². The third-order valence-corrected chi connectivity index (χ3v) is 3.82.